The van der Waals surface area contributed by atoms with Gasteiger partial charge in [0.1, 0.15) is 37.1 Å². The van der Waals surface area contributed by atoms with Crippen LogP contribution in [0.1, 0.15) is 18.0 Å². The average Bonchev–Trinajstić information content (AvgIpc) is 3.46. The molecule has 6 rings (SSSR count). The topological polar surface area (TPSA) is 135 Å². The summed E-state index contributed by atoms with van der Waals surface area (Å²) in [4.78, 5) is 22.0. The van der Waals surface area contributed by atoms with Crippen molar-refractivity contribution in [3.8, 4) is 22.8 Å². The van der Waals surface area contributed by atoms with Gasteiger partial charge in [0, 0.05) is 42.6 Å². The molecule has 1 amide bonds. The molecule has 1 aliphatic rings. The number of nitrogens with zero attached hydrogens (tertiary/aromatic N) is 5. The Morgan fingerprint density at radius 3 is 2.55 bits per heavy atom. The maximum absolute atomic E-state index is 13.0. The lowest BCUT2D eigenvalue weighted by atomic mass is 10.1. The normalized spacial score (nSPS) is 14.5. The maximum Gasteiger partial charge on any atom is 0.249 e. The van der Waals surface area contributed by atoms with Crippen LogP contribution in [-0.4, -0.2) is 71.5 Å². The Morgan fingerprint density at radius 2 is 1.73 bits per heavy atom. The van der Waals surface area contributed by atoms with E-state index in [-0.39, 0.29) is 5.91 Å². The van der Waals surface area contributed by atoms with Crippen LogP contribution in [0, 0.1) is 0 Å². The number of carbonyl (C=O) groups excluding carboxylic acids is 1. The number of carbonyl (C=O) groups is 1. The van der Waals surface area contributed by atoms with Gasteiger partial charge in [-0.2, -0.15) is 0 Å². The van der Waals surface area contributed by atoms with Crippen LogP contribution in [0.3, 0.4) is 0 Å². The Balaban J connectivity index is 1.23. The van der Waals surface area contributed by atoms with Crippen LogP contribution in [0.5, 0.6) is 11.5 Å². The van der Waals surface area contributed by atoms with Gasteiger partial charge in [-0.25, -0.2) is 14.6 Å². The second-order valence-electron chi connectivity index (χ2n) is 10.2. The summed E-state index contributed by atoms with van der Waals surface area (Å²) in [7, 11) is 3.25. The molecular weight excluding hydrogens is 562 g/mol. The fraction of sp³-hybridized carbons (Fsp3) is 0.281. The predicted molar refractivity (Wildman–Crippen MR) is 165 cm³/mol. The molecule has 2 aromatic heterocycles. The fourth-order valence-corrected chi connectivity index (χ4v) is 5.07. The summed E-state index contributed by atoms with van der Waals surface area (Å²) in [6.07, 6.45) is 4.71. The van der Waals surface area contributed by atoms with Gasteiger partial charge >= 0.3 is 0 Å². The highest BCUT2D eigenvalue weighted by molar-refractivity contribution is 5.95. The first-order valence-corrected chi connectivity index (χ1v) is 14.3. The minimum absolute atomic E-state index is 0.102. The Morgan fingerprint density at radius 1 is 0.932 bits per heavy atom. The molecule has 0 spiro atoms. The quantitative estimate of drug-likeness (QED) is 0.194. The number of hydrogen-bond acceptors (Lipinski definition) is 10. The number of aryl methyl sites for hydroxylation is 1. The lowest BCUT2D eigenvalue weighted by Gasteiger charge is -2.15. The number of anilines is 3. The zero-order valence-electron chi connectivity index (χ0n) is 24.5. The summed E-state index contributed by atoms with van der Waals surface area (Å²) in [5.41, 5.74) is 4.94. The molecule has 2 N–H and O–H groups in total. The molecule has 0 radical (unpaired) electrons. The molecule has 44 heavy (non-hydrogen) atoms. The third kappa shape index (κ3) is 6.46. The van der Waals surface area contributed by atoms with Crippen molar-refractivity contribution in [2.24, 2.45) is 0 Å². The molecule has 3 aromatic carbocycles. The summed E-state index contributed by atoms with van der Waals surface area (Å²) >= 11 is 0. The van der Waals surface area contributed by atoms with E-state index in [0.717, 1.165) is 34.3 Å². The first kappa shape index (κ1) is 29.0. The second-order valence-corrected chi connectivity index (χ2v) is 10.2. The SMILES string of the molecule is COCCOc1cc2ncnc(Nc3cccc(-c4cn([C@@H]5CCc6ccccc6NC5=O)nn4)c3)c2cc1OCCOC. The molecule has 3 heterocycles. The van der Waals surface area contributed by atoms with Gasteiger partial charge in [0.05, 0.1) is 24.9 Å². The molecular formula is C32H33N7O5. The third-order valence-electron chi connectivity index (χ3n) is 7.31. The highest BCUT2D eigenvalue weighted by Gasteiger charge is 2.26. The molecule has 0 unspecified atom stereocenters. The Labute approximate surface area is 254 Å². The van der Waals surface area contributed by atoms with E-state index in [0.29, 0.717) is 61.4 Å². The third-order valence-corrected chi connectivity index (χ3v) is 7.31. The second kappa shape index (κ2) is 13.5. The van der Waals surface area contributed by atoms with Gasteiger partial charge in [-0.1, -0.05) is 35.5 Å². The highest BCUT2D eigenvalue weighted by atomic mass is 16.5. The standard InChI is InChI=1S/C32H33N7O5/c1-41-12-14-43-29-17-24-26(18-30(29)44-15-13-42-2)33-20-34-31(24)35-23-8-5-7-22(16-23)27-19-39(38-37-27)28-11-10-21-6-3-4-9-25(21)36-32(28)40/h3-9,16-20,28H,10-15H2,1-2H3,(H,36,40)(H,33,34,35)/t28-/m1/s1. The zero-order chi connectivity index (χ0) is 30.3. The van der Waals surface area contributed by atoms with E-state index >= 15 is 0 Å². The van der Waals surface area contributed by atoms with Crippen molar-refractivity contribution in [3.05, 3.63) is 78.8 Å². The van der Waals surface area contributed by atoms with Gasteiger partial charge < -0.3 is 29.6 Å². The van der Waals surface area contributed by atoms with Crippen LogP contribution in [0.2, 0.25) is 0 Å². The first-order valence-electron chi connectivity index (χ1n) is 14.3. The highest BCUT2D eigenvalue weighted by Crippen LogP contribution is 2.35. The van der Waals surface area contributed by atoms with Crippen molar-refractivity contribution in [2.75, 3.05) is 51.3 Å². The number of ether oxygens (including phenoxy) is 4. The largest absolute Gasteiger partial charge is 0.487 e. The van der Waals surface area contributed by atoms with Crippen molar-refractivity contribution in [2.45, 2.75) is 18.9 Å². The smallest absolute Gasteiger partial charge is 0.249 e. The van der Waals surface area contributed by atoms with Crippen LogP contribution in [0.25, 0.3) is 22.2 Å². The number of aromatic nitrogens is 5. The number of benzene rings is 3. The summed E-state index contributed by atoms with van der Waals surface area (Å²) in [6.45, 7) is 1.60. The van der Waals surface area contributed by atoms with Crippen LogP contribution in [0.4, 0.5) is 17.2 Å². The summed E-state index contributed by atoms with van der Waals surface area (Å²) in [6, 6.07) is 18.9. The van der Waals surface area contributed by atoms with E-state index in [1.165, 1.54) is 6.33 Å². The molecule has 1 atom stereocenters. The van der Waals surface area contributed by atoms with E-state index < -0.39 is 6.04 Å². The number of nitrogens with one attached hydrogen (secondary N) is 2. The van der Waals surface area contributed by atoms with Crippen molar-refractivity contribution in [1.82, 2.24) is 25.0 Å². The number of para-hydroxylation sites is 1. The fourth-order valence-electron chi connectivity index (χ4n) is 5.07. The molecule has 5 aromatic rings. The lowest BCUT2D eigenvalue weighted by Crippen LogP contribution is -2.25. The van der Waals surface area contributed by atoms with Gasteiger partial charge in [-0.05, 0) is 42.7 Å². The number of rotatable bonds is 12. The Hall–Kier alpha value is -5.07. The van der Waals surface area contributed by atoms with Crippen LogP contribution in [-0.2, 0) is 20.7 Å². The summed E-state index contributed by atoms with van der Waals surface area (Å²) in [5.74, 6) is 1.62. The van der Waals surface area contributed by atoms with E-state index in [4.69, 9.17) is 18.9 Å². The Kier molecular flexibility index (Phi) is 8.90. The van der Waals surface area contributed by atoms with Crippen LogP contribution in [0.15, 0.2) is 73.2 Å². The van der Waals surface area contributed by atoms with Gasteiger partial charge in [0.15, 0.2) is 11.5 Å². The molecule has 1 aliphatic heterocycles. The zero-order valence-corrected chi connectivity index (χ0v) is 24.5. The molecule has 12 nitrogen and oxygen atoms in total. The first-order chi connectivity index (χ1) is 21.6. The van der Waals surface area contributed by atoms with Crippen molar-refractivity contribution < 1.29 is 23.7 Å². The number of methoxy groups -OCH3 is 2. The van der Waals surface area contributed by atoms with Crippen molar-refractivity contribution in [1.29, 1.82) is 0 Å². The molecule has 0 aliphatic carbocycles. The summed E-state index contributed by atoms with van der Waals surface area (Å²) < 4.78 is 23.8. The minimum atomic E-state index is -0.457. The number of amides is 1. The van der Waals surface area contributed by atoms with E-state index in [1.54, 1.807) is 18.9 Å². The Bertz CT molecular complexity index is 1760. The van der Waals surface area contributed by atoms with E-state index in [9.17, 15) is 4.79 Å². The lowest BCUT2D eigenvalue weighted by molar-refractivity contribution is -0.119. The van der Waals surface area contributed by atoms with E-state index in [1.807, 2.05) is 66.9 Å². The predicted octanol–water partition coefficient (Wildman–Crippen LogP) is 4.81. The van der Waals surface area contributed by atoms with Gasteiger partial charge in [0.25, 0.3) is 0 Å². The van der Waals surface area contributed by atoms with Gasteiger partial charge in [-0.3, -0.25) is 4.79 Å². The number of hydrogen-bond donors (Lipinski definition) is 2. The van der Waals surface area contributed by atoms with Crippen LogP contribution < -0.4 is 20.1 Å². The molecule has 0 fully saturated rings. The molecule has 0 saturated heterocycles. The monoisotopic (exact) mass is 595 g/mol. The number of fused-ring (bicyclic) bond motifs is 2. The molecule has 0 bridgehead atoms. The maximum atomic E-state index is 13.0. The van der Waals surface area contributed by atoms with E-state index in [2.05, 4.69) is 30.9 Å². The summed E-state index contributed by atoms with van der Waals surface area (Å²) in [5, 5.41) is 15.9. The van der Waals surface area contributed by atoms with Gasteiger partial charge in [-0.15, -0.1) is 5.10 Å². The van der Waals surface area contributed by atoms with Crippen LogP contribution >= 0.6 is 0 Å². The minimum Gasteiger partial charge on any atom is -0.487 e. The molecule has 226 valence electrons. The average molecular weight is 596 g/mol. The molecule has 0 saturated carbocycles. The molecule has 12 heteroatoms. The van der Waals surface area contributed by atoms with Gasteiger partial charge in [0.2, 0.25) is 5.91 Å². The van der Waals surface area contributed by atoms with Crippen molar-refractivity contribution in [3.63, 3.8) is 0 Å². The van der Waals surface area contributed by atoms with Crippen molar-refractivity contribution >= 4 is 34.0 Å².